The predicted octanol–water partition coefficient (Wildman–Crippen LogP) is 1.50. The van der Waals surface area contributed by atoms with Crippen LogP contribution in [0.5, 0.6) is 11.5 Å². The maximum atomic E-state index is 10.1. The number of aryl methyl sites for hydroxylation is 2. The number of benzene rings is 1. The number of nitrogens with one attached hydrogen (secondary N) is 2. The molecule has 3 aromatic rings. The molecule has 138 valence electrons. The molecule has 0 bridgehead atoms. The molecule has 0 saturated carbocycles. The molecule has 0 spiro atoms. The van der Waals surface area contributed by atoms with E-state index in [1.54, 1.807) is 12.1 Å². The molecule has 2 aromatic heterocycles. The molecular weight excluding hydrogens is 338 g/mol. The number of aromatic hydroxyl groups is 1. The van der Waals surface area contributed by atoms with Gasteiger partial charge in [0.15, 0.2) is 0 Å². The summed E-state index contributed by atoms with van der Waals surface area (Å²) in [4.78, 5) is 11.4. The zero-order chi connectivity index (χ0) is 19.1. The topological polar surface area (TPSA) is 73.4 Å². The smallest absolute Gasteiger partial charge is 0.145 e. The second-order valence-electron chi connectivity index (χ2n) is 7.17. The van der Waals surface area contributed by atoms with Crippen LogP contribution in [0.2, 0.25) is 0 Å². The first-order chi connectivity index (χ1) is 12.9. The molecule has 0 atom stereocenters. The van der Waals surface area contributed by atoms with Crippen LogP contribution in [-0.4, -0.2) is 21.2 Å². The molecule has 0 unspecified atom stereocenters. The number of hydrogen-bond acceptors (Lipinski definition) is 3. The second-order valence-corrected chi connectivity index (χ2v) is 7.17. The lowest BCUT2D eigenvalue weighted by atomic mass is 10.2. The van der Waals surface area contributed by atoms with Crippen molar-refractivity contribution in [1.29, 1.82) is 0 Å². The predicted molar refractivity (Wildman–Crippen MR) is 106 cm³/mol. The van der Waals surface area contributed by atoms with Crippen molar-refractivity contribution < 1.29 is 9.84 Å². The lowest BCUT2D eigenvalue weighted by Gasteiger charge is -2.06. The van der Waals surface area contributed by atoms with Crippen LogP contribution in [-0.2, 0) is 0 Å². The molecule has 27 heavy (non-hydrogen) atoms. The van der Waals surface area contributed by atoms with Crippen molar-refractivity contribution in [2.75, 3.05) is 0 Å². The zero-order valence-electron chi connectivity index (χ0n) is 15.9. The van der Waals surface area contributed by atoms with E-state index in [0.29, 0.717) is 0 Å². The molecule has 5 nitrogen and oxygen atoms in total. The molecule has 3 heterocycles. The molecule has 4 rings (SSSR count). The van der Waals surface area contributed by atoms with E-state index in [0.717, 1.165) is 44.1 Å². The van der Waals surface area contributed by atoms with E-state index in [-0.39, 0.29) is 11.9 Å². The lowest BCUT2D eigenvalue weighted by Crippen LogP contribution is -2.20. The number of rotatable bonds is 3. The summed E-state index contributed by atoms with van der Waals surface area (Å²) >= 11 is 0. The highest BCUT2D eigenvalue weighted by atomic mass is 16.5. The maximum Gasteiger partial charge on any atom is 0.145 e. The number of aromatic nitrogens is 2. The van der Waals surface area contributed by atoms with Gasteiger partial charge in [-0.15, -0.1) is 0 Å². The Morgan fingerprint density at radius 3 is 2.63 bits per heavy atom. The fraction of sp³-hybridized carbons (Fsp3) is 0.227. The summed E-state index contributed by atoms with van der Waals surface area (Å²) in [6.07, 6.45) is 4.01. The van der Waals surface area contributed by atoms with Crippen LogP contribution in [0.25, 0.3) is 17.8 Å². The van der Waals surface area contributed by atoms with Crippen molar-refractivity contribution in [2.24, 2.45) is 4.99 Å². The first kappa shape index (κ1) is 17.2. The molecule has 0 saturated heterocycles. The number of fused-ring (bicyclic) bond motifs is 1. The third-order valence-electron chi connectivity index (χ3n) is 4.51. The average molecular weight is 361 g/mol. The van der Waals surface area contributed by atoms with Crippen LogP contribution in [0.1, 0.15) is 30.8 Å². The Morgan fingerprint density at radius 2 is 1.96 bits per heavy atom. The van der Waals surface area contributed by atoms with E-state index in [1.807, 2.05) is 39.0 Å². The lowest BCUT2D eigenvalue weighted by molar-refractivity contribution is 0.240. The SMILES string of the molecule is Cc1cc(C)c(/C=c2\[nH]c(=C3C=c4c(O)cccc4=N3)cc2OC(C)C)[nH]1. The molecule has 0 radical (unpaired) electrons. The molecule has 0 aliphatic carbocycles. The minimum Gasteiger partial charge on any atom is -0.507 e. The van der Waals surface area contributed by atoms with Crippen LogP contribution in [0.3, 0.4) is 0 Å². The van der Waals surface area contributed by atoms with E-state index in [4.69, 9.17) is 4.74 Å². The molecular formula is C22H23N3O2. The van der Waals surface area contributed by atoms with Crippen molar-refractivity contribution in [3.63, 3.8) is 0 Å². The molecule has 3 N–H and O–H groups in total. The summed E-state index contributed by atoms with van der Waals surface area (Å²) in [5, 5.41) is 13.3. The molecule has 1 aromatic carbocycles. The summed E-state index contributed by atoms with van der Waals surface area (Å²) in [5.41, 5.74) is 4.13. The minimum absolute atomic E-state index is 0.0583. The van der Waals surface area contributed by atoms with Crippen molar-refractivity contribution in [3.05, 3.63) is 68.6 Å². The fourth-order valence-corrected chi connectivity index (χ4v) is 3.32. The fourth-order valence-electron chi connectivity index (χ4n) is 3.32. The van der Waals surface area contributed by atoms with Gasteiger partial charge in [0.1, 0.15) is 11.5 Å². The number of ether oxygens (including phenoxy) is 1. The van der Waals surface area contributed by atoms with Gasteiger partial charge >= 0.3 is 0 Å². The Balaban J connectivity index is 1.93. The summed E-state index contributed by atoms with van der Waals surface area (Å²) in [7, 11) is 0. The first-order valence-corrected chi connectivity index (χ1v) is 9.07. The number of phenolic OH excluding ortho intramolecular Hbond substituents is 1. The molecule has 1 aliphatic heterocycles. The van der Waals surface area contributed by atoms with Gasteiger partial charge in [0, 0.05) is 22.7 Å². The number of phenols is 1. The van der Waals surface area contributed by atoms with Crippen molar-refractivity contribution in [2.45, 2.75) is 33.8 Å². The minimum atomic E-state index is 0.0583. The van der Waals surface area contributed by atoms with Gasteiger partial charge in [0.05, 0.1) is 27.9 Å². The average Bonchev–Trinajstić information content (AvgIpc) is 3.26. The summed E-state index contributed by atoms with van der Waals surface area (Å²) < 4.78 is 6.01. The largest absolute Gasteiger partial charge is 0.507 e. The van der Waals surface area contributed by atoms with Gasteiger partial charge in [0.25, 0.3) is 0 Å². The van der Waals surface area contributed by atoms with Gasteiger partial charge in [-0.2, -0.15) is 0 Å². The molecule has 1 aliphatic rings. The van der Waals surface area contributed by atoms with Crippen LogP contribution in [0, 0.1) is 13.8 Å². The number of hydrogen-bond donors (Lipinski definition) is 3. The Morgan fingerprint density at radius 1 is 1.15 bits per heavy atom. The van der Waals surface area contributed by atoms with Gasteiger partial charge < -0.3 is 19.8 Å². The van der Waals surface area contributed by atoms with Gasteiger partial charge in [-0.1, -0.05) is 6.07 Å². The highest BCUT2D eigenvalue weighted by Gasteiger charge is 2.10. The second kappa shape index (κ2) is 6.50. The van der Waals surface area contributed by atoms with E-state index in [2.05, 4.69) is 34.0 Å². The van der Waals surface area contributed by atoms with Crippen LogP contribution >= 0.6 is 0 Å². The van der Waals surface area contributed by atoms with Gasteiger partial charge in [-0.3, -0.25) is 0 Å². The Bertz CT molecular complexity index is 1260. The Hall–Kier alpha value is -3.21. The standard InChI is InChI=1S/C22H23N3O2/c1-12(2)27-22-11-19(18-9-15-16(24-18)6-5-7-21(15)26)25-20(22)10-17-13(3)8-14(4)23-17/h5-12,23,25-26H,1-4H3/b19-18?,20-10-. The molecule has 0 amide bonds. The number of aromatic amines is 2. The molecule has 5 heteroatoms. The zero-order valence-corrected chi connectivity index (χ0v) is 15.9. The molecule has 0 fully saturated rings. The highest BCUT2D eigenvalue weighted by molar-refractivity contribution is 5.77. The maximum absolute atomic E-state index is 10.1. The Kier molecular flexibility index (Phi) is 4.15. The van der Waals surface area contributed by atoms with Gasteiger partial charge in [0.2, 0.25) is 0 Å². The van der Waals surface area contributed by atoms with Gasteiger partial charge in [-0.05, 0) is 63.6 Å². The van der Waals surface area contributed by atoms with Crippen molar-refractivity contribution in [1.82, 2.24) is 9.97 Å². The third kappa shape index (κ3) is 3.28. The van der Waals surface area contributed by atoms with Gasteiger partial charge in [-0.25, -0.2) is 4.99 Å². The van der Waals surface area contributed by atoms with E-state index in [9.17, 15) is 5.11 Å². The van der Waals surface area contributed by atoms with Crippen LogP contribution in [0.4, 0.5) is 0 Å². The van der Waals surface area contributed by atoms with E-state index >= 15 is 0 Å². The normalized spacial score (nSPS) is 15.7. The number of H-pyrrole nitrogens is 2. The van der Waals surface area contributed by atoms with E-state index < -0.39 is 0 Å². The van der Waals surface area contributed by atoms with Crippen LogP contribution in [0.15, 0.2) is 35.3 Å². The first-order valence-electron chi connectivity index (χ1n) is 9.07. The monoisotopic (exact) mass is 361 g/mol. The summed E-state index contributed by atoms with van der Waals surface area (Å²) in [6.45, 7) is 8.14. The summed E-state index contributed by atoms with van der Waals surface area (Å²) in [6, 6.07) is 9.45. The number of nitrogens with zero attached hydrogens (tertiary/aromatic N) is 1. The van der Waals surface area contributed by atoms with Crippen molar-refractivity contribution >= 4 is 17.8 Å². The van der Waals surface area contributed by atoms with Crippen molar-refractivity contribution in [3.8, 4) is 11.5 Å². The quantitative estimate of drug-likeness (QED) is 0.662. The Labute approximate surface area is 157 Å². The third-order valence-corrected chi connectivity index (χ3v) is 4.51. The van der Waals surface area contributed by atoms with E-state index in [1.165, 1.54) is 5.56 Å². The summed E-state index contributed by atoms with van der Waals surface area (Å²) in [5.74, 6) is 1.02. The van der Waals surface area contributed by atoms with Crippen LogP contribution < -0.4 is 26.0 Å². The highest BCUT2D eigenvalue weighted by Crippen LogP contribution is 2.12.